The fourth-order valence-corrected chi connectivity index (χ4v) is 2.34. The van der Waals surface area contributed by atoms with E-state index in [0.29, 0.717) is 12.2 Å². The summed E-state index contributed by atoms with van der Waals surface area (Å²) in [5, 5.41) is 2.72. The number of amides is 1. The Kier molecular flexibility index (Phi) is 5.39. The van der Waals surface area contributed by atoms with Crippen molar-refractivity contribution >= 4 is 28.9 Å². The maximum atomic E-state index is 13.1. The molecule has 0 aromatic heterocycles. The third-order valence-electron chi connectivity index (χ3n) is 3.29. The molecule has 22 heavy (non-hydrogen) atoms. The molecule has 0 atom stereocenters. The topological polar surface area (TPSA) is 32.3 Å². The van der Waals surface area contributed by atoms with Crippen LogP contribution in [0, 0.1) is 12.7 Å². The van der Waals surface area contributed by atoms with Crippen LogP contribution in [-0.4, -0.2) is 19.0 Å². The molecule has 5 heteroatoms. The number of nitrogens with zero attached hydrogens (tertiary/aromatic N) is 1. The Balaban J connectivity index is 2.04. The summed E-state index contributed by atoms with van der Waals surface area (Å²) in [6, 6.07) is 12.1. The SMILES string of the molecule is CCN(CC(=O)Nc1ccc(F)c(Cl)c1)c1cccc(C)c1. The minimum atomic E-state index is -0.505. The third kappa shape index (κ3) is 4.21. The normalized spacial score (nSPS) is 10.4. The van der Waals surface area contributed by atoms with Gasteiger partial charge in [0.25, 0.3) is 0 Å². The van der Waals surface area contributed by atoms with Crippen molar-refractivity contribution in [2.75, 3.05) is 23.3 Å². The molecule has 0 radical (unpaired) electrons. The molecule has 116 valence electrons. The van der Waals surface area contributed by atoms with Crippen LogP contribution in [0.4, 0.5) is 15.8 Å². The van der Waals surface area contributed by atoms with Crippen molar-refractivity contribution in [3.63, 3.8) is 0 Å². The van der Waals surface area contributed by atoms with Crippen LogP contribution in [0.2, 0.25) is 5.02 Å². The lowest BCUT2D eigenvalue weighted by Crippen LogP contribution is -2.33. The van der Waals surface area contributed by atoms with E-state index >= 15 is 0 Å². The number of hydrogen-bond acceptors (Lipinski definition) is 2. The van der Waals surface area contributed by atoms with E-state index in [9.17, 15) is 9.18 Å². The molecule has 1 N–H and O–H groups in total. The van der Waals surface area contributed by atoms with E-state index in [1.807, 2.05) is 43.0 Å². The summed E-state index contributed by atoms with van der Waals surface area (Å²) in [4.78, 5) is 14.1. The van der Waals surface area contributed by atoms with Gasteiger partial charge in [0, 0.05) is 17.9 Å². The zero-order chi connectivity index (χ0) is 16.1. The molecule has 0 fully saturated rings. The van der Waals surface area contributed by atoms with Gasteiger partial charge in [0.2, 0.25) is 5.91 Å². The number of benzene rings is 2. The van der Waals surface area contributed by atoms with E-state index in [1.165, 1.54) is 18.2 Å². The Hall–Kier alpha value is -2.07. The van der Waals surface area contributed by atoms with Crippen LogP contribution in [0.25, 0.3) is 0 Å². The number of nitrogens with one attached hydrogen (secondary N) is 1. The van der Waals surface area contributed by atoms with Crippen molar-refractivity contribution < 1.29 is 9.18 Å². The summed E-state index contributed by atoms with van der Waals surface area (Å²) in [6.07, 6.45) is 0. The number of rotatable bonds is 5. The van der Waals surface area contributed by atoms with Crippen LogP contribution >= 0.6 is 11.6 Å². The molecule has 2 aromatic rings. The second-order valence-corrected chi connectivity index (χ2v) is 5.44. The number of anilines is 2. The van der Waals surface area contributed by atoms with Gasteiger partial charge in [-0.1, -0.05) is 23.7 Å². The fourth-order valence-electron chi connectivity index (χ4n) is 2.16. The molecule has 0 aliphatic rings. The van der Waals surface area contributed by atoms with Crippen molar-refractivity contribution in [1.82, 2.24) is 0 Å². The molecule has 0 aliphatic carbocycles. The molecule has 0 unspecified atom stereocenters. The summed E-state index contributed by atoms with van der Waals surface area (Å²) >= 11 is 5.71. The van der Waals surface area contributed by atoms with E-state index in [-0.39, 0.29) is 17.5 Å². The number of hydrogen-bond donors (Lipinski definition) is 1. The van der Waals surface area contributed by atoms with E-state index in [0.717, 1.165) is 11.3 Å². The fraction of sp³-hybridized carbons (Fsp3) is 0.235. The molecular formula is C17H18ClFN2O. The summed E-state index contributed by atoms with van der Waals surface area (Å²) in [5.41, 5.74) is 2.62. The van der Waals surface area contributed by atoms with E-state index in [2.05, 4.69) is 5.32 Å². The van der Waals surface area contributed by atoms with Gasteiger partial charge in [-0.05, 0) is 49.7 Å². The van der Waals surface area contributed by atoms with Crippen molar-refractivity contribution in [2.24, 2.45) is 0 Å². The standard InChI is InChI=1S/C17H18ClFN2O/c1-3-21(14-6-4-5-12(2)9-14)11-17(22)20-13-7-8-16(19)15(18)10-13/h4-10H,3,11H2,1-2H3,(H,20,22). The Morgan fingerprint density at radius 2 is 2.05 bits per heavy atom. The summed E-state index contributed by atoms with van der Waals surface area (Å²) in [5.74, 6) is -0.680. The van der Waals surface area contributed by atoms with Gasteiger partial charge in [0.15, 0.2) is 0 Å². The molecule has 0 spiro atoms. The molecule has 0 aliphatic heterocycles. The summed E-state index contributed by atoms with van der Waals surface area (Å²) in [7, 11) is 0. The van der Waals surface area contributed by atoms with Gasteiger partial charge in [-0.3, -0.25) is 4.79 Å². The summed E-state index contributed by atoms with van der Waals surface area (Å²) < 4.78 is 13.1. The first-order valence-electron chi connectivity index (χ1n) is 7.06. The molecule has 0 saturated heterocycles. The average Bonchev–Trinajstić information content (AvgIpc) is 2.48. The molecule has 1 amide bonds. The second-order valence-electron chi connectivity index (χ2n) is 5.03. The van der Waals surface area contributed by atoms with Crippen molar-refractivity contribution in [2.45, 2.75) is 13.8 Å². The number of carbonyl (C=O) groups excluding carboxylic acids is 1. The maximum absolute atomic E-state index is 13.1. The van der Waals surface area contributed by atoms with Crippen molar-refractivity contribution in [3.8, 4) is 0 Å². The second kappa shape index (κ2) is 7.27. The predicted octanol–water partition coefficient (Wildman–Crippen LogP) is 4.25. The van der Waals surface area contributed by atoms with E-state index < -0.39 is 5.82 Å². The van der Waals surface area contributed by atoms with Gasteiger partial charge in [-0.15, -0.1) is 0 Å². The highest BCUT2D eigenvalue weighted by atomic mass is 35.5. The number of likely N-dealkylation sites (N-methyl/N-ethyl adjacent to an activating group) is 1. The van der Waals surface area contributed by atoms with Gasteiger partial charge in [-0.2, -0.15) is 0 Å². The third-order valence-corrected chi connectivity index (χ3v) is 3.58. The predicted molar refractivity (Wildman–Crippen MR) is 89.1 cm³/mol. The molecule has 0 bridgehead atoms. The van der Waals surface area contributed by atoms with Crippen LogP contribution < -0.4 is 10.2 Å². The lowest BCUT2D eigenvalue weighted by Gasteiger charge is -2.23. The highest BCUT2D eigenvalue weighted by molar-refractivity contribution is 6.31. The van der Waals surface area contributed by atoms with Gasteiger partial charge < -0.3 is 10.2 Å². The minimum absolute atomic E-state index is 0.0103. The Morgan fingerprint density at radius 1 is 1.27 bits per heavy atom. The molecule has 3 nitrogen and oxygen atoms in total. The minimum Gasteiger partial charge on any atom is -0.362 e. The van der Waals surface area contributed by atoms with Crippen molar-refractivity contribution in [1.29, 1.82) is 0 Å². The van der Waals surface area contributed by atoms with E-state index in [4.69, 9.17) is 11.6 Å². The van der Waals surface area contributed by atoms with Gasteiger partial charge in [0.1, 0.15) is 5.82 Å². The highest BCUT2D eigenvalue weighted by Crippen LogP contribution is 2.20. The van der Waals surface area contributed by atoms with Gasteiger partial charge in [0.05, 0.1) is 11.6 Å². The molecule has 0 saturated carbocycles. The monoisotopic (exact) mass is 320 g/mol. The van der Waals surface area contributed by atoms with Crippen LogP contribution in [-0.2, 0) is 4.79 Å². The Bertz CT molecular complexity index is 675. The van der Waals surface area contributed by atoms with Gasteiger partial charge in [-0.25, -0.2) is 4.39 Å². The quantitative estimate of drug-likeness (QED) is 0.893. The highest BCUT2D eigenvalue weighted by Gasteiger charge is 2.11. The first-order chi connectivity index (χ1) is 10.5. The first-order valence-corrected chi connectivity index (χ1v) is 7.44. The van der Waals surface area contributed by atoms with E-state index in [1.54, 1.807) is 0 Å². The average molecular weight is 321 g/mol. The van der Waals surface area contributed by atoms with Crippen molar-refractivity contribution in [3.05, 3.63) is 58.9 Å². The molecule has 0 heterocycles. The maximum Gasteiger partial charge on any atom is 0.243 e. The summed E-state index contributed by atoms with van der Waals surface area (Å²) in [6.45, 7) is 4.93. The lowest BCUT2D eigenvalue weighted by molar-refractivity contribution is -0.115. The molecule has 2 aromatic carbocycles. The molecular weight excluding hydrogens is 303 g/mol. The zero-order valence-corrected chi connectivity index (χ0v) is 13.3. The number of aryl methyl sites for hydroxylation is 1. The van der Waals surface area contributed by atoms with Crippen LogP contribution in [0.5, 0.6) is 0 Å². The Morgan fingerprint density at radius 3 is 2.68 bits per heavy atom. The number of halogens is 2. The lowest BCUT2D eigenvalue weighted by atomic mass is 10.2. The largest absolute Gasteiger partial charge is 0.362 e. The zero-order valence-electron chi connectivity index (χ0n) is 12.6. The molecule has 2 rings (SSSR count). The Labute approximate surface area is 134 Å². The van der Waals surface area contributed by atoms with Crippen LogP contribution in [0.15, 0.2) is 42.5 Å². The number of carbonyl (C=O) groups is 1. The first kappa shape index (κ1) is 16.3. The van der Waals surface area contributed by atoms with Crippen LogP contribution in [0.1, 0.15) is 12.5 Å². The van der Waals surface area contributed by atoms with Crippen LogP contribution in [0.3, 0.4) is 0 Å². The smallest absolute Gasteiger partial charge is 0.243 e. The van der Waals surface area contributed by atoms with Gasteiger partial charge >= 0.3 is 0 Å².